The predicted molar refractivity (Wildman–Crippen MR) is 91.8 cm³/mol. The Balaban J connectivity index is 2.24. The van der Waals surface area contributed by atoms with E-state index in [1.807, 2.05) is 0 Å². The Kier molecular flexibility index (Phi) is 5.60. The van der Waals surface area contributed by atoms with Gasteiger partial charge in [0.25, 0.3) is 15.9 Å². The third kappa shape index (κ3) is 4.70. The number of hydrogen-bond acceptors (Lipinski definition) is 5. The summed E-state index contributed by atoms with van der Waals surface area (Å²) in [6, 6.07) is 12.0. The summed E-state index contributed by atoms with van der Waals surface area (Å²) in [7, 11) is -2.53. The number of carbonyl (C=O) groups is 2. The summed E-state index contributed by atoms with van der Waals surface area (Å²) in [5.74, 6) is -1.02. The predicted octanol–water partition coefficient (Wildman–Crippen LogP) is 0.711. The molecule has 4 N–H and O–H groups in total. The first-order chi connectivity index (χ1) is 11.8. The van der Waals surface area contributed by atoms with Crippen LogP contribution in [0.1, 0.15) is 10.4 Å². The molecule has 0 unspecified atom stereocenters. The van der Waals surface area contributed by atoms with E-state index in [2.05, 4.69) is 10.0 Å². The quantitative estimate of drug-likeness (QED) is 0.667. The summed E-state index contributed by atoms with van der Waals surface area (Å²) in [5, 5.41) is 2.33. The van der Waals surface area contributed by atoms with Crippen LogP contribution in [-0.4, -0.2) is 33.9 Å². The second kappa shape index (κ2) is 7.67. The number of methoxy groups -OCH3 is 1. The Morgan fingerprint density at radius 1 is 1.12 bits per heavy atom. The monoisotopic (exact) mass is 363 g/mol. The average Bonchev–Trinajstić information content (AvgIpc) is 2.59. The normalized spacial score (nSPS) is 10.8. The number of anilines is 1. The molecule has 0 aliphatic carbocycles. The molecule has 0 atom stereocenters. The van der Waals surface area contributed by atoms with Gasteiger partial charge >= 0.3 is 0 Å². The zero-order valence-corrected chi connectivity index (χ0v) is 14.2. The molecule has 2 aromatic carbocycles. The fraction of sp³-hybridized carbons (Fsp3) is 0.125. The maximum absolute atomic E-state index is 12.5. The van der Waals surface area contributed by atoms with Gasteiger partial charge in [-0.05, 0) is 30.3 Å². The standard InChI is InChI=1S/C16H17N3O5S/c1-24-13-7-2-3-8-14(13)25(22,23)19-12-6-4-5-11(9-12)16(21)18-10-15(17)20/h2-9,19H,10H2,1H3,(H2,17,20)(H,18,21). The summed E-state index contributed by atoms with van der Waals surface area (Å²) in [4.78, 5) is 22.6. The number of hydrogen-bond donors (Lipinski definition) is 3. The Hall–Kier alpha value is -3.07. The fourth-order valence-corrected chi connectivity index (χ4v) is 3.27. The maximum atomic E-state index is 12.5. The molecule has 0 aliphatic rings. The summed E-state index contributed by atoms with van der Waals surface area (Å²) >= 11 is 0. The topological polar surface area (TPSA) is 128 Å². The maximum Gasteiger partial charge on any atom is 0.265 e. The first-order valence-corrected chi connectivity index (χ1v) is 8.64. The molecule has 25 heavy (non-hydrogen) atoms. The molecule has 2 rings (SSSR count). The van der Waals surface area contributed by atoms with Crippen molar-refractivity contribution in [2.24, 2.45) is 5.73 Å². The van der Waals surface area contributed by atoms with Crippen LogP contribution >= 0.6 is 0 Å². The number of nitrogens with two attached hydrogens (primary N) is 1. The lowest BCUT2D eigenvalue weighted by molar-refractivity contribution is -0.117. The van der Waals surface area contributed by atoms with E-state index in [1.165, 1.54) is 43.5 Å². The highest BCUT2D eigenvalue weighted by molar-refractivity contribution is 7.92. The van der Waals surface area contributed by atoms with Crippen LogP contribution < -0.4 is 20.5 Å². The van der Waals surface area contributed by atoms with Crippen molar-refractivity contribution in [3.63, 3.8) is 0 Å². The molecule has 132 valence electrons. The van der Waals surface area contributed by atoms with Gasteiger partial charge < -0.3 is 15.8 Å². The number of amides is 2. The van der Waals surface area contributed by atoms with Crippen molar-refractivity contribution in [3.05, 3.63) is 54.1 Å². The van der Waals surface area contributed by atoms with Gasteiger partial charge in [0.05, 0.1) is 13.7 Å². The van der Waals surface area contributed by atoms with E-state index in [0.717, 1.165) is 0 Å². The van der Waals surface area contributed by atoms with Crippen molar-refractivity contribution in [2.45, 2.75) is 4.90 Å². The van der Waals surface area contributed by atoms with Crippen LogP contribution in [0, 0.1) is 0 Å². The van der Waals surface area contributed by atoms with Gasteiger partial charge in [-0.1, -0.05) is 18.2 Å². The molecule has 0 spiro atoms. The highest BCUT2D eigenvalue weighted by Gasteiger charge is 2.19. The van der Waals surface area contributed by atoms with E-state index < -0.39 is 21.8 Å². The Morgan fingerprint density at radius 3 is 2.52 bits per heavy atom. The van der Waals surface area contributed by atoms with Crippen molar-refractivity contribution in [1.29, 1.82) is 0 Å². The summed E-state index contributed by atoms with van der Waals surface area (Å²) < 4.78 is 32.5. The summed E-state index contributed by atoms with van der Waals surface area (Å²) in [6.07, 6.45) is 0. The second-order valence-corrected chi connectivity index (χ2v) is 6.64. The number of rotatable bonds is 7. The number of ether oxygens (including phenoxy) is 1. The molecular formula is C16H17N3O5S. The molecule has 2 amide bonds. The molecule has 0 saturated carbocycles. The highest BCUT2D eigenvalue weighted by Crippen LogP contribution is 2.25. The van der Waals surface area contributed by atoms with Gasteiger partial charge in [-0.2, -0.15) is 0 Å². The third-order valence-electron chi connectivity index (χ3n) is 3.16. The lowest BCUT2D eigenvalue weighted by Gasteiger charge is -2.12. The number of nitrogens with one attached hydrogen (secondary N) is 2. The number of sulfonamides is 1. The lowest BCUT2D eigenvalue weighted by atomic mass is 10.2. The van der Waals surface area contributed by atoms with Gasteiger partial charge in [-0.25, -0.2) is 8.42 Å². The van der Waals surface area contributed by atoms with Crippen LogP contribution in [0.3, 0.4) is 0 Å². The smallest absolute Gasteiger partial charge is 0.265 e. The molecule has 0 radical (unpaired) electrons. The van der Waals surface area contributed by atoms with Crippen LogP contribution in [0.2, 0.25) is 0 Å². The van der Waals surface area contributed by atoms with Crippen molar-refractivity contribution in [1.82, 2.24) is 5.32 Å². The van der Waals surface area contributed by atoms with Crippen molar-refractivity contribution in [2.75, 3.05) is 18.4 Å². The first-order valence-electron chi connectivity index (χ1n) is 7.16. The van der Waals surface area contributed by atoms with Gasteiger partial charge in [0.1, 0.15) is 10.6 Å². The zero-order valence-electron chi connectivity index (χ0n) is 13.4. The fourth-order valence-electron chi connectivity index (χ4n) is 2.04. The average molecular weight is 363 g/mol. The van der Waals surface area contributed by atoms with E-state index in [4.69, 9.17) is 10.5 Å². The minimum Gasteiger partial charge on any atom is -0.495 e. The molecule has 8 nitrogen and oxygen atoms in total. The van der Waals surface area contributed by atoms with Crippen molar-refractivity contribution < 1.29 is 22.7 Å². The summed E-state index contributed by atoms with van der Waals surface area (Å²) in [5.41, 5.74) is 5.34. The molecule has 9 heteroatoms. The largest absolute Gasteiger partial charge is 0.495 e. The first kappa shape index (κ1) is 18.3. The molecule has 2 aromatic rings. The van der Waals surface area contributed by atoms with E-state index >= 15 is 0 Å². The van der Waals surface area contributed by atoms with Crippen molar-refractivity contribution >= 4 is 27.5 Å². The lowest BCUT2D eigenvalue weighted by Crippen LogP contribution is -2.33. The number of benzene rings is 2. The highest BCUT2D eigenvalue weighted by atomic mass is 32.2. The van der Waals surface area contributed by atoms with Gasteiger partial charge in [0, 0.05) is 11.3 Å². The number of para-hydroxylation sites is 1. The van der Waals surface area contributed by atoms with E-state index in [9.17, 15) is 18.0 Å². The third-order valence-corrected chi connectivity index (χ3v) is 4.58. The van der Waals surface area contributed by atoms with Gasteiger partial charge in [0.15, 0.2) is 0 Å². The van der Waals surface area contributed by atoms with E-state index in [1.54, 1.807) is 12.1 Å². The molecule has 0 saturated heterocycles. The molecule has 0 aromatic heterocycles. The van der Waals surface area contributed by atoms with Crippen LogP contribution in [0.15, 0.2) is 53.4 Å². The molecule has 0 fully saturated rings. The minimum absolute atomic E-state index is 0.0268. The Morgan fingerprint density at radius 2 is 1.84 bits per heavy atom. The molecule has 0 bridgehead atoms. The SMILES string of the molecule is COc1ccccc1S(=O)(=O)Nc1cccc(C(=O)NCC(N)=O)c1. The number of carbonyl (C=O) groups excluding carboxylic acids is 2. The van der Waals surface area contributed by atoms with Crippen LogP contribution in [0.25, 0.3) is 0 Å². The molecule has 0 aliphatic heterocycles. The Bertz CT molecular complexity index is 896. The zero-order chi connectivity index (χ0) is 18.4. The van der Waals surface area contributed by atoms with Crippen LogP contribution in [-0.2, 0) is 14.8 Å². The van der Waals surface area contributed by atoms with Crippen molar-refractivity contribution in [3.8, 4) is 5.75 Å². The van der Waals surface area contributed by atoms with Crippen LogP contribution in [0.5, 0.6) is 5.75 Å². The molecular weight excluding hydrogens is 346 g/mol. The van der Waals surface area contributed by atoms with Gasteiger partial charge in [-0.15, -0.1) is 0 Å². The van der Waals surface area contributed by atoms with Gasteiger partial charge in [-0.3, -0.25) is 14.3 Å². The molecule has 0 heterocycles. The van der Waals surface area contributed by atoms with Crippen LogP contribution in [0.4, 0.5) is 5.69 Å². The minimum atomic E-state index is -3.91. The van der Waals surface area contributed by atoms with Gasteiger partial charge in [0.2, 0.25) is 5.91 Å². The number of primary amides is 1. The second-order valence-electron chi connectivity index (χ2n) is 4.99. The van der Waals surface area contributed by atoms with E-state index in [-0.39, 0.29) is 28.4 Å². The van der Waals surface area contributed by atoms with E-state index in [0.29, 0.717) is 0 Å². The Labute approximate surface area is 145 Å². The summed E-state index contributed by atoms with van der Waals surface area (Å²) in [6.45, 7) is -0.310.